The maximum Gasteiger partial charge on any atom is 0.224 e. The van der Waals surface area contributed by atoms with Crippen molar-refractivity contribution in [1.29, 1.82) is 0 Å². The number of halogens is 1. The smallest absolute Gasteiger partial charge is 0.224 e. The van der Waals surface area contributed by atoms with Gasteiger partial charge in [0.15, 0.2) is 5.96 Å². The van der Waals surface area contributed by atoms with Gasteiger partial charge in [0.25, 0.3) is 0 Å². The number of carbonyl (C=O) groups is 1. The van der Waals surface area contributed by atoms with Crippen LogP contribution in [0.3, 0.4) is 0 Å². The molecular weight excluding hydrogens is 339 g/mol. The molecule has 1 aromatic rings. The fourth-order valence-corrected chi connectivity index (χ4v) is 3.74. The number of benzene rings is 1. The van der Waals surface area contributed by atoms with E-state index in [0.29, 0.717) is 18.3 Å². The predicted octanol–water partition coefficient (Wildman–Crippen LogP) is 1.94. The van der Waals surface area contributed by atoms with Crippen LogP contribution in [0.15, 0.2) is 29.3 Å². The highest BCUT2D eigenvalue weighted by Crippen LogP contribution is 2.25. The van der Waals surface area contributed by atoms with E-state index in [1.165, 1.54) is 30.7 Å². The van der Waals surface area contributed by atoms with Crippen LogP contribution in [-0.2, 0) is 11.2 Å². The third-order valence-corrected chi connectivity index (χ3v) is 5.22. The zero-order valence-corrected chi connectivity index (χ0v) is 15.5. The molecule has 1 amide bonds. The molecule has 2 rings (SSSR count). The summed E-state index contributed by atoms with van der Waals surface area (Å²) in [6.07, 6.45) is 2.79. The number of guanidine groups is 1. The van der Waals surface area contributed by atoms with Crippen LogP contribution in [0.25, 0.3) is 0 Å². The van der Waals surface area contributed by atoms with E-state index in [-0.39, 0.29) is 18.1 Å². The molecule has 3 N–H and O–H groups in total. The molecule has 1 atom stereocenters. The molecular formula is C18H27FN4OS. The molecule has 1 aromatic carbocycles. The Morgan fingerprint density at radius 3 is 2.68 bits per heavy atom. The van der Waals surface area contributed by atoms with E-state index in [2.05, 4.69) is 20.9 Å². The first kappa shape index (κ1) is 19.6. The van der Waals surface area contributed by atoms with Gasteiger partial charge in [-0.3, -0.25) is 9.79 Å². The lowest BCUT2D eigenvalue weighted by Crippen LogP contribution is -2.42. The quantitative estimate of drug-likeness (QED) is 0.374. The van der Waals surface area contributed by atoms with E-state index >= 15 is 0 Å². The molecule has 138 valence electrons. The van der Waals surface area contributed by atoms with E-state index in [0.717, 1.165) is 24.6 Å². The zero-order valence-electron chi connectivity index (χ0n) is 14.7. The summed E-state index contributed by atoms with van der Waals surface area (Å²) in [5, 5.41) is 9.95. The van der Waals surface area contributed by atoms with E-state index < -0.39 is 0 Å². The molecule has 25 heavy (non-hydrogen) atoms. The van der Waals surface area contributed by atoms with Crippen LogP contribution in [0.1, 0.15) is 25.3 Å². The van der Waals surface area contributed by atoms with Gasteiger partial charge in [-0.25, -0.2) is 4.39 Å². The van der Waals surface area contributed by atoms with Crippen molar-refractivity contribution < 1.29 is 9.18 Å². The van der Waals surface area contributed by atoms with Crippen LogP contribution in [0, 0.1) is 5.82 Å². The molecule has 1 aliphatic heterocycles. The summed E-state index contributed by atoms with van der Waals surface area (Å²) < 4.78 is 12.8. The molecule has 0 saturated carbocycles. The number of rotatable bonds is 8. The second-order valence-corrected chi connectivity index (χ2v) is 7.34. The molecule has 0 aromatic heterocycles. The molecule has 0 aliphatic carbocycles. The third kappa shape index (κ3) is 7.77. The highest BCUT2D eigenvalue weighted by molar-refractivity contribution is 8.00. The Bertz CT molecular complexity index is 559. The lowest BCUT2D eigenvalue weighted by molar-refractivity contribution is -0.120. The Labute approximate surface area is 153 Å². The highest BCUT2D eigenvalue weighted by atomic mass is 32.2. The topological polar surface area (TPSA) is 65.5 Å². The van der Waals surface area contributed by atoms with Gasteiger partial charge in [-0.05, 0) is 43.2 Å². The fourth-order valence-electron chi connectivity index (χ4n) is 2.56. The monoisotopic (exact) mass is 366 g/mol. The van der Waals surface area contributed by atoms with Crippen molar-refractivity contribution in [3.05, 3.63) is 35.6 Å². The average Bonchev–Trinajstić information content (AvgIpc) is 3.12. The van der Waals surface area contributed by atoms with Gasteiger partial charge in [0.1, 0.15) is 5.82 Å². The number of nitrogens with one attached hydrogen (secondary N) is 3. The summed E-state index contributed by atoms with van der Waals surface area (Å²) in [7, 11) is 0. The Hall–Kier alpha value is -1.76. The third-order valence-electron chi connectivity index (χ3n) is 3.84. The molecule has 5 nitrogen and oxygen atoms in total. The molecule has 7 heteroatoms. The number of nitrogens with zero attached hydrogens (tertiary/aromatic N) is 1. The molecule has 1 unspecified atom stereocenters. The number of hydrogen-bond donors (Lipinski definition) is 3. The van der Waals surface area contributed by atoms with Crippen LogP contribution < -0.4 is 16.0 Å². The van der Waals surface area contributed by atoms with Crippen LogP contribution in [0.5, 0.6) is 0 Å². The van der Waals surface area contributed by atoms with Crippen LogP contribution in [0.2, 0.25) is 0 Å². The zero-order chi connectivity index (χ0) is 17.9. The minimum Gasteiger partial charge on any atom is -0.357 e. The molecule has 0 bridgehead atoms. The van der Waals surface area contributed by atoms with Gasteiger partial charge in [0.05, 0.1) is 13.0 Å². The minimum absolute atomic E-state index is 0.0716. The lowest BCUT2D eigenvalue weighted by Gasteiger charge is -2.13. The summed E-state index contributed by atoms with van der Waals surface area (Å²) in [6.45, 7) is 4.80. The van der Waals surface area contributed by atoms with Crippen molar-refractivity contribution >= 4 is 23.6 Å². The number of thioether (sulfide) groups is 1. The van der Waals surface area contributed by atoms with Gasteiger partial charge in [-0.1, -0.05) is 12.1 Å². The van der Waals surface area contributed by atoms with Crippen LogP contribution in [0.4, 0.5) is 4.39 Å². The first-order valence-electron chi connectivity index (χ1n) is 8.82. The van der Waals surface area contributed by atoms with E-state index in [9.17, 15) is 9.18 Å². The number of carbonyl (C=O) groups excluding carboxylic acids is 1. The van der Waals surface area contributed by atoms with Gasteiger partial charge in [-0.15, -0.1) is 0 Å². The molecule has 1 saturated heterocycles. The van der Waals surface area contributed by atoms with Gasteiger partial charge >= 0.3 is 0 Å². The summed E-state index contributed by atoms with van der Waals surface area (Å²) in [6, 6.07) is 5.99. The van der Waals surface area contributed by atoms with Crippen molar-refractivity contribution in [1.82, 2.24) is 16.0 Å². The van der Waals surface area contributed by atoms with Crippen LogP contribution >= 0.6 is 11.8 Å². The SMILES string of the molecule is CCNC(=NCC1CCCS1)NCCNC(=O)Cc1ccc(F)cc1. The summed E-state index contributed by atoms with van der Waals surface area (Å²) >= 11 is 1.99. The normalized spacial score (nSPS) is 17.4. The van der Waals surface area contributed by atoms with Crippen LogP contribution in [-0.4, -0.2) is 49.0 Å². The number of aliphatic imine (C=N–C) groups is 1. The van der Waals surface area contributed by atoms with Crippen molar-refractivity contribution in [3.63, 3.8) is 0 Å². The van der Waals surface area contributed by atoms with Gasteiger partial charge in [0, 0.05) is 24.9 Å². The minimum atomic E-state index is -0.292. The van der Waals surface area contributed by atoms with Crippen molar-refractivity contribution in [2.75, 3.05) is 31.9 Å². The molecule has 0 spiro atoms. The Kier molecular flexibility index (Phi) is 8.59. The molecule has 1 aliphatic rings. The second kappa shape index (κ2) is 11.0. The molecule has 1 heterocycles. The van der Waals surface area contributed by atoms with Crippen molar-refractivity contribution in [2.45, 2.75) is 31.4 Å². The Morgan fingerprint density at radius 2 is 2.00 bits per heavy atom. The standard InChI is InChI=1S/C18H27FN4OS/c1-2-20-18(23-13-16-4-3-11-25-16)22-10-9-21-17(24)12-14-5-7-15(19)8-6-14/h5-8,16H,2-4,9-13H2,1H3,(H,21,24)(H2,20,22,23). The second-order valence-electron chi connectivity index (χ2n) is 5.93. The molecule has 0 radical (unpaired) electrons. The van der Waals surface area contributed by atoms with Gasteiger partial charge in [0.2, 0.25) is 5.91 Å². The highest BCUT2D eigenvalue weighted by Gasteiger charge is 2.14. The maximum atomic E-state index is 12.8. The lowest BCUT2D eigenvalue weighted by atomic mass is 10.1. The van der Waals surface area contributed by atoms with Gasteiger partial charge < -0.3 is 16.0 Å². The first-order valence-corrected chi connectivity index (χ1v) is 9.87. The summed E-state index contributed by atoms with van der Waals surface area (Å²) in [5.41, 5.74) is 0.802. The van der Waals surface area contributed by atoms with E-state index in [4.69, 9.17) is 0 Å². The van der Waals surface area contributed by atoms with E-state index in [1.54, 1.807) is 12.1 Å². The summed E-state index contributed by atoms with van der Waals surface area (Å²) in [5.74, 6) is 1.67. The molecule has 1 fully saturated rings. The van der Waals surface area contributed by atoms with Crippen molar-refractivity contribution in [3.8, 4) is 0 Å². The number of amides is 1. The summed E-state index contributed by atoms with van der Waals surface area (Å²) in [4.78, 5) is 16.5. The number of hydrogen-bond acceptors (Lipinski definition) is 3. The van der Waals surface area contributed by atoms with Gasteiger partial charge in [-0.2, -0.15) is 11.8 Å². The predicted molar refractivity (Wildman–Crippen MR) is 103 cm³/mol. The van der Waals surface area contributed by atoms with Crippen molar-refractivity contribution in [2.24, 2.45) is 4.99 Å². The Morgan fingerprint density at radius 1 is 1.24 bits per heavy atom. The fraction of sp³-hybridized carbons (Fsp3) is 0.556. The maximum absolute atomic E-state index is 12.8. The van der Waals surface area contributed by atoms with E-state index in [1.807, 2.05) is 18.7 Å². The first-order chi connectivity index (χ1) is 12.2. The largest absolute Gasteiger partial charge is 0.357 e. The average molecular weight is 367 g/mol. The Balaban J connectivity index is 1.65.